The van der Waals surface area contributed by atoms with E-state index in [4.69, 9.17) is 0 Å². The molecule has 2 aliphatic rings. The fourth-order valence-corrected chi connectivity index (χ4v) is 5.28. The lowest BCUT2D eigenvalue weighted by atomic mass is 9.83. The molecule has 2 N–H and O–H groups in total. The van der Waals surface area contributed by atoms with Crippen LogP contribution >= 0.6 is 0 Å². The number of rotatable bonds is 6. The number of carbonyl (C=O) groups excluding carboxylic acids is 3. The van der Waals surface area contributed by atoms with Crippen molar-refractivity contribution < 1.29 is 23.2 Å². The fraction of sp³-hybridized carbons (Fsp3) is 0.577. The molecule has 8 nitrogen and oxygen atoms in total. The van der Waals surface area contributed by atoms with Gasteiger partial charge in [0.2, 0.25) is 11.8 Å². The Kier molecular flexibility index (Phi) is 7.92. The smallest absolute Gasteiger partial charge is 0.270 e. The van der Waals surface area contributed by atoms with Gasteiger partial charge in [0.05, 0.1) is 11.6 Å². The molecule has 1 aliphatic heterocycles. The quantitative estimate of drug-likeness (QED) is 0.634. The van der Waals surface area contributed by atoms with E-state index in [9.17, 15) is 23.2 Å². The number of nitrogens with one attached hydrogen (secondary N) is 2. The summed E-state index contributed by atoms with van der Waals surface area (Å²) in [6.45, 7) is 3.16. The largest absolute Gasteiger partial charge is 0.343 e. The molecule has 3 amide bonds. The number of piperazine rings is 1. The van der Waals surface area contributed by atoms with Crippen LogP contribution in [-0.2, 0) is 16.6 Å². The fourth-order valence-electron chi connectivity index (χ4n) is 5.28. The Morgan fingerprint density at radius 3 is 2.19 bits per heavy atom. The van der Waals surface area contributed by atoms with Gasteiger partial charge in [-0.2, -0.15) is 0 Å². The molecule has 36 heavy (non-hydrogen) atoms. The molecule has 2 atom stereocenters. The van der Waals surface area contributed by atoms with E-state index < -0.39 is 23.7 Å². The Morgan fingerprint density at radius 2 is 1.56 bits per heavy atom. The third kappa shape index (κ3) is 5.23. The van der Waals surface area contributed by atoms with Crippen LogP contribution in [0.3, 0.4) is 0 Å². The van der Waals surface area contributed by atoms with E-state index in [0.717, 1.165) is 44.2 Å². The maximum Gasteiger partial charge on any atom is 0.270 e. The van der Waals surface area contributed by atoms with Gasteiger partial charge in [-0.15, -0.1) is 0 Å². The summed E-state index contributed by atoms with van der Waals surface area (Å²) in [4.78, 5) is 42.8. The number of amides is 3. The van der Waals surface area contributed by atoms with Gasteiger partial charge < -0.3 is 25.0 Å². The van der Waals surface area contributed by atoms with Gasteiger partial charge >= 0.3 is 0 Å². The second-order valence-corrected chi connectivity index (χ2v) is 9.93. The van der Waals surface area contributed by atoms with Crippen LogP contribution in [0.2, 0.25) is 0 Å². The molecule has 1 saturated heterocycles. The third-order valence-electron chi connectivity index (χ3n) is 7.69. The number of hydrogen-bond donors (Lipinski definition) is 2. The number of carbonyl (C=O) groups is 3. The highest BCUT2D eigenvalue weighted by molar-refractivity contribution is 5.99. The van der Waals surface area contributed by atoms with Crippen LogP contribution in [0.4, 0.5) is 8.78 Å². The summed E-state index contributed by atoms with van der Waals surface area (Å²) in [5.41, 5.74) is 0.774. The zero-order valence-corrected chi connectivity index (χ0v) is 21.2. The lowest BCUT2D eigenvalue weighted by molar-refractivity contribution is -0.140. The SMILES string of the molecule is CNC(C)C(=O)NC(C(=O)N1CCN(C(=O)c2cc3cc(F)c(F)cc3n2C)CC1)C1CCCCC1. The first-order valence-corrected chi connectivity index (χ1v) is 12.7. The highest BCUT2D eigenvalue weighted by Crippen LogP contribution is 2.28. The summed E-state index contributed by atoms with van der Waals surface area (Å²) < 4.78 is 28.9. The van der Waals surface area contributed by atoms with Gasteiger partial charge in [0.25, 0.3) is 5.91 Å². The number of benzene rings is 1. The van der Waals surface area contributed by atoms with Crippen molar-refractivity contribution in [1.29, 1.82) is 0 Å². The maximum atomic E-state index is 13.7. The summed E-state index contributed by atoms with van der Waals surface area (Å²) in [6, 6.07) is 2.77. The monoisotopic (exact) mass is 503 g/mol. The van der Waals surface area contributed by atoms with E-state index in [1.54, 1.807) is 41.5 Å². The number of likely N-dealkylation sites (N-methyl/N-ethyl adjacent to an activating group) is 1. The Morgan fingerprint density at radius 1 is 0.944 bits per heavy atom. The topological polar surface area (TPSA) is 86.7 Å². The van der Waals surface area contributed by atoms with Crippen LogP contribution in [0.15, 0.2) is 18.2 Å². The molecule has 1 aliphatic carbocycles. The summed E-state index contributed by atoms with van der Waals surface area (Å²) in [6.07, 6.45) is 5.06. The minimum absolute atomic E-state index is 0.0961. The summed E-state index contributed by atoms with van der Waals surface area (Å²) in [7, 11) is 3.36. The summed E-state index contributed by atoms with van der Waals surface area (Å²) >= 11 is 0. The molecule has 1 aromatic heterocycles. The Bertz CT molecular complexity index is 1140. The van der Waals surface area contributed by atoms with Gasteiger partial charge in [-0.1, -0.05) is 19.3 Å². The molecule has 2 aromatic rings. The van der Waals surface area contributed by atoms with Gasteiger partial charge in [0.1, 0.15) is 11.7 Å². The molecule has 2 unspecified atom stereocenters. The minimum Gasteiger partial charge on any atom is -0.343 e. The van der Waals surface area contributed by atoms with Gasteiger partial charge in [-0.25, -0.2) is 8.78 Å². The molecule has 1 aromatic carbocycles. The molecule has 4 rings (SSSR count). The van der Waals surface area contributed by atoms with Crippen molar-refractivity contribution in [3.63, 3.8) is 0 Å². The molecule has 0 bridgehead atoms. The van der Waals surface area contributed by atoms with Crippen LogP contribution in [0.5, 0.6) is 0 Å². The van der Waals surface area contributed by atoms with Crippen molar-refractivity contribution in [2.75, 3.05) is 33.2 Å². The van der Waals surface area contributed by atoms with Crippen LogP contribution in [-0.4, -0.2) is 77.4 Å². The lowest BCUT2D eigenvalue weighted by Gasteiger charge is -2.39. The second-order valence-electron chi connectivity index (χ2n) is 9.93. The first-order chi connectivity index (χ1) is 17.2. The minimum atomic E-state index is -0.960. The maximum absolute atomic E-state index is 13.7. The Labute approximate surface area is 210 Å². The number of halogens is 2. The van der Waals surface area contributed by atoms with Crippen LogP contribution in [0.1, 0.15) is 49.5 Å². The number of aromatic nitrogens is 1. The first kappa shape index (κ1) is 26.1. The van der Waals surface area contributed by atoms with Gasteiger partial charge in [-0.05, 0) is 44.9 Å². The van der Waals surface area contributed by atoms with Crippen molar-refractivity contribution in [3.05, 3.63) is 35.5 Å². The summed E-state index contributed by atoms with van der Waals surface area (Å²) in [5.74, 6) is -2.35. The Balaban J connectivity index is 1.44. The molecular weight excluding hydrogens is 468 g/mol. The molecular formula is C26H35F2N5O3. The molecule has 2 heterocycles. The predicted octanol–water partition coefficient (Wildman–Crippen LogP) is 2.41. The molecule has 196 valence electrons. The number of hydrogen-bond acceptors (Lipinski definition) is 4. The number of aryl methyl sites for hydroxylation is 1. The van der Waals surface area contributed by atoms with Crippen molar-refractivity contribution >= 4 is 28.6 Å². The van der Waals surface area contributed by atoms with Gasteiger partial charge in [-0.3, -0.25) is 14.4 Å². The molecule has 0 radical (unpaired) electrons. The standard InChI is InChI=1S/C26H35F2N5O3/c1-16(29-2)24(34)30-23(17-7-5-4-6-8-17)26(36)33-11-9-32(10-12-33)25(35)22-14-18-13-19(27)20(28)15-21(18)31(22)3/h13-17,23,29H,4-12H2,1-3H3,(H,30,34). The Hall–Kier alpha value is -3.01. The van der Waals surface area contributed by atoms with Crippen molar-refractivity contribution in [2.24, 2.45) is 13.0 Å². The van der Waals surface area contributed by atoms with Crippen molar-refractivity contribution in [3.8, 4) is 0 Å². The highest BCUT2D eigenvalue weighted by atomic mass is 19.2. The van der Waals surface area contributed by atoms with E-state index in [-0.39, 0.29) is 23.6 Å². The molecule has 2 fully saturated rings. The molecule has 10 heteroatoms. The number of fused-ring (bicyclic) bond motifs is 1. The van der Waals surface area contributed by atoms with Gasteiger partial charge in [0, 0.05) is 44.7 Å². The van der Waals surface area contributed by atoms with Crippen LogP contribution < -0.4 is 10.6 Å². The number of nitrogens with zero attached hydrogens (tertiary/aromatic N) is 3. The van der Waals surface area contributed by atoms with E-state index >= 15 is 0 Å². The second kappa shape index (κ2) is 10.9. The normalized spacial score (nSPS) is 18.8. The van der Waals surface area contributed by atoms with Crippen molar-refractivity contribution in [2.45, 2.75) is 51.1 Å². The van der Waals surface area contributed by atoms with Gasteiger partial charge in [0.15, 0.2) is 11.6 Å². The van der Waals surface area contributed by atoms with E-state index in [1.165, 1.54) is 0 Å². The average molecular weight is 504 g/mol. The van der Waals surface area contributed by atoms with Crippen molar-refractivity contribution in [1.82, 2.24) is 25.0 Å². The third-order valence-corrected chi connectivity index (χ3v) is 7.69. The van der Waals surface area contributed by atoms with E-state index in [0.29, 0.717) is 42.8 Å². The molecule has 1 saturated carbocycles. The van der Waals surface area contributed by atoms with E-state index in [1.807, 2.05) is 0 Å². The average Bonchev–Trinajstić information content (AvgIpc) is 3.21. The predicted molar refractivity (Wildman–Crippen MR) is 132 cm³/mol. The first-order valence-electron chi connectivity index (χ1n) is 12.7. The van der Waals surface area contributed by atoms with Crippen LogP contribution in [0.25, 0.3) is 10.9 Å². The van der Waals surface area contributed by atoms with E-state index in [2.05, 4.69) is 10.6 Å². The zero-order chi connectivity index (χ0) is 26.0. The lowest BCUT2D eigenvalue weighted by Crippen LogP contribution is -2.59. The zero-order valence-electron chi connectivity index (χ0n) is 21.2. The van der Waals surface area contributed by atoms with Crippen LogP contribution in [0, 0.1) is 17.6 Å². The molecule has 0 spiro atoms. The summed E-state index contributed by atoms with van der Waals surface area (Å²) in [5, 5.41) is 6.36. The highest BCUT2D eigenvalue weighted by Gasteiger charge is 2.36.